The molecule has 0 radical (unpaired) electrons. The number of hydrogen-bond acceptors (Lipinski definition) is 7. The van der Waals surface area contributed by atoms with Crippen molar-refractivity contribution in [2.45, 2.75) is 37.5 Å². The fourth-order valence-electron chi connectivity index (χ4n) is 6.61. The minimum absolute atomic E-state index is 0.0660. The van der Waals surface area contributed by atoms with Crippen LogP contribution in [-0.2, 0) is 6.54 Å². The third kappa shape index (κ3) is 4.83. The number of phenols is 1. The molecule has 0 amide bonds. The van der Waals surface area contributed by atoms with E-state index in [0.29, 0.717) is 36.1 Å². The number of hydrogen-bond donors (Lipinski definition) is 2. The maximum Gasteiger partial charge on any atom is 0.319 e. The second kappa shape index (κ2) is 11.0. The average Bonchev–Trinajstić information content (AvgIpc) is 3.55. The highest BCUT2D eigenvalue weighted by Gasteiger charge is 2.49. The van der Waals surface area contributed by atoms with E-state index in [0.717, 1.165) is 24.9 Å². The van der Waals surface area contributed by atoms with Crippen molar-refractivity contribution in [2.24, 2.45) is 0 Å². The molecule has 7 rings (SSSR count). The fraction of sp³-hybridized carbons (Fsp3) is 0.265. The lowest BCUT2D eigenvalue weighted by Crippen LogP contribution is -2.43. The van der Waals surface area contributed by atoms with E-state index in [-0.39, 0.29) is 46.1 Å². The van der Waals surface area contributed by atoms with Crippen LogP contribution in [0.4, 0.5) is 19.0 Å². The van der Waals surface area contributed by atoms with Crippen molar-refractivity contribution in [3.8, 4) is 35.4 Å². The molecule has 2 aliphatic rings. The number of aromatic hydroxyl groups is 1. The van der Waals surface area contributed by atoms with Crippen LogP contribution >= 0.6 is 0 Å². The summed E-state index contributed by atoms with van der Waals surface area (Å²) in [6.45, 7) is 1.72. The average molecular weight is 596 g/mol. The molecule has 10 heteroatoms. The number of anilines is 1. The Bertz CT molecular complexity index is 1950. The Hall–Kier alpha value is -4.88. The van der Waals surface area contributed by atoms with Crippen molar-refractivity contribution in [3.63, 3.8) is 0 Å². The van der Waals surface area contributed by atoms with E-state index < -0.39 is 23.3 Å². The van der Waals surface area contributed by atoms with Gasteiger partial charge in [0, 0.05) is 36.7 Å². The minimum atomic E-state index is -0.930. The van der Waals surface area contributed by atoms with E-state index in [1.54, 1.807) is 0 Å². The van der Waals surface area contributed by atoms with Crippen LogP contribution < -0.4 is 10.1 Å². The SMILES string of the molecule is C#Cc1c(F)ccc2cc(O)cc(-c3ncc4c(NCc5ccccc5)nc(OC[C@@]56CCCN5C[C@H](F)C6)nc4c3F)c12. The van der Waals surface area contributed by atoms with Crippen LogP contribution in [0.5, 0.6) is 11.8 Å². The molecule has 4 heterocycles. The first kappa shape index (κ1) is 27.9. The topological polar surface area (TPSA) is 83.4 Å². The Labute approximate surface area is 251 Å². The summed E-state index contributed by atoms with van der Waals surface area (Å²) in [6, 6.07) is 15.0. The van der Waals surface area contributed by atoms with E-state index in [1.807, 2.05) is 30.3 Å². The number of aromatic nitrogens is 3. The molecule has 44 heavy (non-hydrogen) atoms. The molecule has 0 saturated carbocycles. The van der Waals surface area contributed by atoms with Gasteiger partial charge in [-0.25, -0.2) is 13.2 Å². The minimum Gasteiger partial charge on any atom is -0.508 e. The van der Waals surface area contributed by atoms with Crippen LogP contribution in [-0.4, -0.2) is 56.4 Å². The number of nitrogens with one attached hydrogen (secondary N) is 1. The third-order valence-corrected chi connectivity index (χ3v) is 8.65. The zero-order valence-electron chi connectivity index (χ0n) is 23.7. The van der Waals surface area contributed by atoms with Crippen LogP contribution in [0.3, 0.4) is 0 Å². The van der Waals surface area contributed by atoms with Gasteiger partial charge in [-0.3, -0.25) is 9.88 Å². The quantitative estimate of drug-likeness (QED) is 0.211. The summed E-state index contributed by atoms with van der Waals surface area (Å²) in [6.07, 6.45) is 8.24. The molecule has 3 aromatic carbocycles. The monoisotopic (exact) mass is 595 g/mol. The molecule has 2 aliphatic heterocycles. The second-order valence-corrected chi connectivity index (χ2v) is 11.4. The summed E-state index contributed by atoms with van der Waals surface area (Å²) in [5.74, 6) is 1.02. The van der Waals surface area contributed by atoms with Crippen LogP contribution in [0.1, 0.15) is 30.4 Å². The van der Waals surface area contributed by atoms with Crippen molar-refractivity contribution in [1.82, 2.24) is 19.9 Å². The van der Waals surface area contributed by atoms with E-state index >= 15 is 4.39 Å². The highest BCUT2D eigenvalue weighted by atomic mass is 19.1. The standard InChI is InChI=1S/C34H28F3N5O2/c1-2-24-27(36)10-9-21-13-23(43)14-25(28(21)24)30-29(37)31-26(17-38-30)32(39-16-20-7-4-3-5-8-20)41-33(40-31)44-19-34-11-6-12-42(34)18-22(35)15-34/h1,3-5,7-10,13-14,17,22,43H,6,11-12,15-16,18-19H2,(H,39,40,41)/t22-,34+/m1/s1. The molecule has 2 atom stereocenters. The number of halogens is 3. The summed E-state index contributed by atoms with van der Waals surface area (Å²) in [4.78, 5) is 15.5. The summed E-state index contributed by atoms with van der Waals surface area (Å²) in [5, 5.41) is 14.7. The first-order valence-corrected chi connectivity index (χ1v) is 14.4. The van der Waals surface area contributed by atoms with E-state index in [1.165, 1.54) is 30.5 Å². The molecule has 0 aliphatic carbocycles. The predicted molar refractivity (Wildman–Crippen MR) is 162 cm³/mol. The van der Waals surface area contributed by atoms with Gasteiger partial charge in [-0.2, -0.15) is 9.97 Å². The van der Waals surface area contributed by atoms with Crippen molar-refractivity contribution in [3.05, 3.63) is 83.6 Å². The van der Waals surface area contributed by atoms with Gasteiger partial charge in [0.15, 0.2) is 5.82 Å². The van der Waals surface area contributed by atoms with Crippen molar-refractivity contribution < 1.29 is 23.0 Å². The zero-order chi connectivity index (χ0) is 30.4. The first-order valence-electron chi connectivity index (χ1n) is 14.4. The number of terminal acetylenes is 1. The number of nitrogens with zero attached hydrogens (tertiary/aromatic N) is 4. The van der Waals surface area contributed by atoms with Gasteiger partial charge in [0.05, 0.1) is 16.5 Å². The van der Waals surface area contributed by atoms with Gasteiger partial charge in [0.1, 0.15) is 41.4 Å². The van der Waals surface area contributed by atoms with Crippen LogP contribution in [0.15, 0.2) is 60.8 Å². The van der Waals surface area contributed by atoms with Crippen LogP contribution in [0, 0.1) is 24.0 Å². The molecule has 2 saturated heterocycles. The van der Waals surface area contributed by atoms with Crippen LogP contribution in [0.25, 0.3) is 32.9 Å². The largest absolute Gasteiger partial charge is 0.508 e. The Morgan fingerprint density at radius 3 is 2.80 bits per heavy atom. The molecule has 0 spiro atoms. The number of rotatable bonds is 7. The number of benzene rings is 3. The van der Waals surface area contributed by atoms with Crippen LogP contribution in [0.2, 0.25) is 0 Å². The Morgan fingerprint density at radius 1 is 1.14 bits per heavy atom. The van der Waals surface area contributed by atoms with E-state index in [2.05, 4.69) is 31.1 Å². The molecule has 2 N–H and O–H groups in total. The maximum atomic E-state index is 16.6. The summed E-state index contributed by atoms with van der Waals surface area (Å²) in [5.41, 5.74) is 0.318. The molecule has 2 fully saturated rings. The lowest BCUT2D eigenvalue weighted by atomic mass is 9.95. The predicted octanol–water partition coefficient (Wildman–Crippen LogP) is 6.38. The number of alkyl halides is 1. The second-order valence-electron chi connectivity index (χ2n) is 11.4. The van der Waals surface area contributed by atoms with Gasteiger partial charge >= 0.3 is 6.01 Å². The van der Waals surface area contributed by atoms with Gasteiger partial charge in [0.2, 0.25) is 0 Å². The van der Waals surface area contributed by atoms with Gasteiger partial charge in [-0.05, 0) is 48.5 Å². The Balaban J connectivity index is 1.35. The maximum absolute atomic E-state index is 16.6. The molecule has 0 unspecified atom stereocenters. The Kier molecular flexibility index (Phi) is 6.98. The number of ether oxygens (including phenoxy) is 1. The van der Waals surface area contributed by atoms with Crippen molar-refractivity contribution in [1.29, 1.82) is 0 Å². The van der Waals surface area contributed by atoms with Crippen molar-refractivity contribution >= 4 is 27.5 Å². The van der Waals surface area contributed by atoms with Gasteiger partial charge in [-0.1, -0.05) is 42.3 Å². The highest BCUT2D eigenvalue weighted by Crippen LogP contribution is 2.41. The lowest BCUT2D eigenvalue weighted by molar-refractivity contribution is 0.107. The van der Waals surface area contributed by atoms with Gasteiger partial charge in [0.25, 0.3) is 0 Å². The fourth-order valence-corrected chi connectivity index (χ4v) is 6.61. The lowest BCUT2D eigenvalue weighted by Gasteiger charge is -2.30. The summed E-state index contributed by atoms with van der Waals surface area (Å²) < 4.78 is 51.8. The molecular formula is C34H28F3N5O2. The van der Waals surface area contributed by atoms with Gasteiger partial charge < -0.3 is 15.2 Å². The molecular weight excluding hydrogens is 567 g/mol. The third-order valence-electron chi connectivity index (χ3n) is 8.65. The zero-order valence-corrected chi connectivity index (χ0v) is 23.7. The number of pyridine rings is 1. The number of fused-ring (bicyclic) bond motifs is 3. The molecule has 2 aromatic heterocycles. The summed E-state index contributed by atoms with van der Waals surface area (Å²) in [7, 11) is 0. The highest BCUT2D eigenvalue weighted by molar-refractivity contribution is 6.02. The summed E-state index contributed by atoms with van der Waals surface area (Å²) >= 11 is 0. The number of phenolic OH excluding ortho intramolecular Hbond substituents is 1. The first-order chi connectivity index (χ1) is 21.3. The van der Waals surface area contributed by atoms with E-state index in [9.17, 15) is 13.9 Å². The Morgan fingerprint density at radius 2 is 1.98 bits per heavy atom. The van der Waals surface area contributed by atoms with E-state index in [4.69, 9.17) is 11.2 Å². The van der Waals surface area contributed by atoms with Gasteiger partial charge in [-0.15, -0.1) is 6.42 Å². The normalized spacial score (nSPS) is 19.7. The molecule has 5 aromatic rings. The smallest absolute Gasteiger partial charge is 0.319 e. The molecule has 222 valence electrons. The van der Waals surface area contributed by atoms with Crippen molar-refractivity contribution in [2.75, 3.05) is 25.0 Å². The molecule has 0 bridgehead atoms. The molecule has 7 nitrogen and oxygen atoms in total.